The topological polar surface area (TPSA) is 83.5 Å². The number of fused-ring (bicyclic) bond motifs is 3. The van der Waals surface area contributed by atoms with Gasteiger partial charge in [-0.3, -0.25) is 4.79 Å². The molecule has 0 bridgehead atoms. The molecule has 7 nitrogen and oxygen atoms in total. The number of ether oxygens (including phenoxy) is 5. The Morgan fingerprint density at radius 1 is 1.15 bits per heavy atom. The van der Waals surface area contributed by atoms with Crippen LogP contribution in [0.25, 0.3) is 0 Å². The summed E-state index contributed by atoms with van der Waals surface area (Å²) < 4.78 is 29.9. The van der Waals surface area contributed by atoms with E-state index >= 15 is 0 Å². The van der Waals surface area contributed by atoms with Crippen LogP contribution in [0.2, 0.25) is 0 Å². The smallest absolute Gasteiger partial charge is 0.305 e. The zero-order valence-corrected chi connectivity index (χ0v) is 23.1. The molecular formula is C32H40O7. The van der Waals surface area contributed by atoms with Crippen LogP contribution in [0, 0.1) is 5.92 Å². The van der Waals surface area contributed by atoms with Gasteiger partial charge in [0.15, 0.2) is 6.29 Å². The number of hydrogen-bond donors (Lipinski definition) is 1. The first-order chi connectivity index (χ1) is 18.9. The maximum absolute atomic E-state index is 11.8. The standard InChI is InChI=1S/C32H40O7/c1-32(2,39-22-11-5-4-6-12-22)27(33)17-16-23-25(37-29-14-7-8-19-36-29)20-26-30(23)24-13-9-10-21(31(24)38-26)15-18-28(34)35-3/h4-6,9-13,16-17,23,25-27,29-30,33H,7-8,14-15,18-20H2,1-3H3/b17-16+/t23-,25+,26-,27+,29?,30-/m0/s1. The van der Waals surface area contributed by atoms with E-state index in [1.165, 1.54) is 7.11 Å². The van der Waals surface area contributed by atoms with Crippen LogP contribution < -0.4 is 9.47 Å². The Balaban J connectivity index is 1.38. The number of aliphatic hydroxyl groups is 1. The number of benzene rings is 2. The summed E-state index contributed by atoms with van der Waals surface area (Å²) in [5.41, 5.74) is 1.31. The zero-order chi connectivity index (χ0) is 27.4. The number of aryl methyl sites for hydroxylation is 1. The van der Waals surface area contributed by atoms with Gasteiger partial charge in [0.05, 0.1) is 13.2 Å². The first-order valence-corrected chi connectivity index (χ1v) is 14.1. The molecule has 0 aromatic heterocycles. The second kappa shape index (κ2) is 12.1. The normalized spacial score (nSPS) is 27.0. The molecule has 1 aliphatic carbocycles. The van der Waals surface area contributed by atoms with Crippen molar-refractivity contribution in [1.29, 1.82) is 0 Å². The van der Waals surface area contributed by atoms with Gasteiger partial charge in [-0.05, 0) is 57.2 Å². The van der Waals surface area contributed by atoms with Gasteiger partial charge in [-0.25, -0.2) is 0 Å². The Morgan fingerprint density at radius 2 is 1.97 bits per heavy atom. The molecule has 2 aromatic rings. The van der Waals surface area contributed by atoms with Crippen LogP contribution in [0.5, 0.6) is 11.5 Å². The van der Waals surface area contributed by atoms with Crippen LogP contribution in [0.1, 0.15) is 63.0 Å². The van der Waals surface area contributed by atoms with Gasteiger partial charge in [0, 0.05) is 36.8 Å². The van der Waals surface area contributed by atoms with Crippen LogP contribution in [-0.2, 0) is 25.4 Å². The van der Waals surface area contributed by atoms with Crippen molar-refractivity contribution in [3.63, 3.8) is 0 Å². The maximum Gasteiger partial charge on any atom is 0.305 e. The lowest BCUT2D eigenvalue weighted by Crippen LogP contribution is -2.41. The van der Waals surface area contributed by atoms with E-state index in [9.17, 15) is 9.90 Å². The predicted octanol–water partition coefficient (Wildman–Crippen LogP) is 5.34. The predicted molar refractivity (Wildman–Crippen MR) is 147 cm³/mol. The molecule has 0 amide bonds. The summed E-state index contributed by atoms with van der Waals surface area (Å²) in [4.78, 5) is 11.8. The van der Waals surface area contributed by atoms with Crippen molar-refractivity contribution in [2.24, 2.45) is 5.92 Å². The van der Waals surface area contributed by atoms with Gasteiger partial charge in [0.2, 0.25) is 0 Å². The lowest BCUT2D eigenvalue weighted by Gasteiger charge is -2.31. The van der Waals surface area contributed by atoms with Gasteiger partial charge in [-0.1, -0.05) is 48.6 Å². The molecule has 7 heteroatoms. The highest BCUT2D eigenvalue weighted by atomic mass is 16.7. The second-order valence-electron chi connectivity index (χ2n) is 11.2. The molecular weight excluding hydrogens is 496 g/mol. The van der Waals surface area contributed by atoms with E-state index in [0.29, 0.717) is 18.6 Å². The molecule has 5 rings (SSSR count). The number of aliphatic hydroxyl groups excluding tert-OH is 1. The van der Waals surface area contributed by atoms with Crippen molar-refractivity contribution >= 4 is 5.97 Å². The summed E-state index contributed by atoms with van der Waals surface area (Å²) in [6.45, 7) is 4.49. The van der Waals surface area contributed by atoms with Crippen LogP contribution in [0.4, 0.5) is 0 Å². The fourth-order valence-corrected chi connectivity index (χ4v) is 5.96. The SMILES string of the molecule is COC(=O)CCc1cccc2c1O[C@H]1C[C@@H](OC3CCCCO3)[C@H](/C=C/[C@@H](O)C(C)(C)Oc3ccccc3)[C@@H]21. The summed E-state index contributed by atoms with van der Waals surface area (Å²) in [5, 5.41) is 11.2. The quantitative estimate of drug-likeness (QED) is 0.324. The molecule has 2 fully saturated rings. The third-order valence-corrected chi connectivity index (χ3v) is 8.11. The van der Waals surface area contributed by atoms with Crippen molar-refractivity contribution in [2.75, 3.05) is 13.7 Å². The Morgan fingerprint density at radius 3 is 2.72 bits per heavy atom. The minimum Gasteiger partial charge on any atom is -0.489 e. The average Bonchev–Trinajstić information content (AvgIpc) is 3.47. The van der Waals surface area contributed by atoms with Crippen molar-refractivity contribution < 1.29 is 33.6 Å². The van der Waals surface area contributed by atoms with Gasteiger partial charge in [0.25, 0.3) is 0 Å². The molecule has 1 saturated heterocycles. The first kappa shape index (κ1) is 27.7. The maximum atomic E-state index is 11.8. The molecule has 2 aliphatic heterocycles. The van der Waals surface area contributed by atoms with Gasteiger partial charge in [0.1, 0.15) is 29.3 Å². The fourth-order valence-electron chi connectivity index (χ4n) is 5.96. The third kappa shape index (κ3) is 6.32. The number of carbonyl (C=O) groups is 1. The Bertz CT molecular complexity index is 1140. The summed E-state index contributed by atoms with van der Waals surface area (Å²) >= 11 is 0. The first-order valence-electron chi connectivity index (χ1n) is 14.1. The van der Waals surface area contributed by atoms with E-state index in [4.69, 9.17) is 23.7 Å². The Labute approximate surface area is 231 Å². The van der Waals surface area contributed by atoms with Crippen molar-refractivity contribution in [3.8, 4) is 11.5 Å². The van der Waals surface area contributed by atoms with E-state index in [0.717, 1.165) is 49.2 Å². The number of rotatable bonds is 10. The minimum atomic E-state index is -0.837. The number of para-hydroxylation sites is 2. The average molecular weight is 537 g/mol. The molecule has 6 atom stereocenters. The summed E-state index contributed by atoms with van der Waals surface area (Å²) in [6, 6.07) is 15.7. The molecule has 0 spiro atoms. The summed E-state index contributed by atoms with van der Waals surface area (Å²) in [7, 11) is 1.41. The Hall–Kier alpha value is -2.87. The molecule has 1 N–H and O–H groups in total. The Kier molecular flexibility index (Phi) is 8.60. The molecule has 210 valence electrons. The number of hydrogen-bond acceptors (Lipinski definition) is 7. The van der Waals surface area contributed by atoms with Crippen LogP contribution in [-0.4, -0.2) is 55.0 Å². The van der Waals surface area contributed by atoms with E-state index in [-0.39, 0.29) is 36.3 Å². The third-order valence-electron chi connectivity index (χ3n) is 8.11. The molecule has 1 saturated carbocycles. The van der Waals surface area contributed by atoms with E-state index < -0.39 is 11.7 Å². The van der Waals surface area contributed by atoms with Gasteiger partial charge >= 0.3 is 5.97 Å². The second-order valence-corrected chi connectivity index (χ2v) is 11.2. The van der Waals surface area contributed by atoms with Crippen LogP contribution >= 0.6 is 0 Å². The van der Waals surface area contributed by atoms with Crippen molar-refractivity contribution in [3.05, 3.63) is 71.8 Å². The van der Waals surface area contributed by atoms with E-state index in [1.54, 1.807) is 0 Å². The lowest BCUT2D eigenvalue weighted by atomic mass is 9.86. The number of carbonyl (C=O) groups excluding carboxylic acids is 1. The van der Waals surface area contributed by atoms with Crippen LogP contribution in [0.15, 0.2) is 60.7 Å². The highest BCUT2D eigenvalue weighted by Gasteiger charge is 2.51. The van der Waals surface area contributed by atoms with Crippen LogP contribution in [0.3, 0.4) is 0 Å². The van der Waals surface area contributed by atoms with Crippen molar-refractivity contribution in [2.45, 2.75) is 88.5 Å². The number of methoxy groups -OCH3 is 1. The highest BCUT2D eigenvalue weighted by molar-refractivity contribution is 5.69. The van der Waals surface area contributed by atoms with Gasteiger partial charge in [-0.2, -0.15) is 0 Å². The van der Waals surface area contributed by atoms with Gasteiger partial charge < -0.3 is 28.8 Å². The molecule has 0 radical (unpaired) electrons. The molecule has 2 heterocycles. The molecule has 39 heavy (non-hydrogen) atoms. The zero-order valence-electron chi connectivity index (χ0n) is 23.1. The molecule has 1 unspecified atom stereocenters. The van der Waals surface area contributed by atoms with Gasteiger partial charge in [-0.15, -0.1) is 0 Å². The van der Waals surface area contributed by atoms with Crippen molar-refractivity contribution in [1.82, 2.24) is 0 Å². The molecule has 3 aliphatic rings. The summed E-state index contributed by atoms with van der Waals surface area (Å²) in [6.07, 6.45) is 7.37. The molecule has 2 aromatic carbocycles. The fraction of sp³-hybridized carbons (Fsp3) is 0.531. The minimum absolute atomic E-state index is 0.0141. The lowest BCUT2D eigenvalue weighted by molar-refractivity contribution is -0.192. The van der Waals surface area contributed by atoms with E-state index in [2.05, 4.69) is 12.1 Å². The monoisotopic (exact) mass is 536 g/mol. The highest BCUT2D eigenvalue weighted by Crippen LogP contribution is 2.53. The van der Waals surface area contributed by atoms with E-state index in [1.807, 2.05) is 62.4 Å². The summed E-state index contributed by atoms with van der Waals surface area (Å²) in [5.74, 6) is 1.41. The largest absolute Gasteiger partial charge is 0.489 e. The number of esters is 1.